The summed E-state index contributed by atoms with van der Waals surface area (Å²) >= 11 is 0. The van der Waals surface area contributed by atoms with E-state index in [1.807, 2.05) is 6.08 Å². The van der Waals surface area contributed by atoms with Gasteiger partial charge in [-0.2, -0.15) is 0 Å². The molecular weight excluding hydrogens is 440 g/mol. The second kappa shape index (κ2) is 8.15. The Hall–Kier alpha value is -1.20. The molecule has 0 amide bonds. The number of ether oxygens (including phenoxy) is 1. The van der Waals surface area contributed by atoms with Gasteiger partial charge < -0.3 is 14.9 Å². The van der Waals surface area contributed by atoms with Crippen LogP contribution in [0.25, 0.3) is 0 Å². The Kier molecular flexibility index (Phi) is 5.93. The second-order valence-electron chi connectivity index (χ2n) is 13.0. The monoisotopic (exact) mass is 486 g/mol. The van der Waals surface area contributed by atoms with Gasteiger partial charge in [-0.1, -0.05) is 66.4 Å². The minimum atomic E-state index is -0.997. The molecule has 4 aliphatic carbocycles. The number of carbonyl (C=O) groups excluding carboxylic acids is 1. The van der Waals surface area contributed by atoms with E-state index in [-0.39, 0.29) is 40.7 Å². The molecule has 5 aliphatic rings. The van der Waals surface area contributed by atoms with Crippen molar-refractivity contribution in [2.45, 2.75) is 117 Å². The second-order valence-corrected chi connectivity index (χ2v) is 13.0. The first-order valence-corrected chi connectivity index (χ1v) is 14.4. The third-order valence-electron chi connectivity index (χ3n) is 12.2. The van der Waals surface area contributed by atoms with Crippen molar-refractivity contribution in [3.8, 4) is 0 Å². The van der Waals surface area contributed by atoms with Crippen LogP contribution < -0.4 is 0 Å². The summed E-state index contributed by atoms with van der Waals surface area (Å²) in [6.07, 6.45) is 8.57. The number of epoxide rings is 1. The molecule has 1 heterocycles. The molecule has 1 aliphatic heterocycles. The lowest BCUT2D eigenvalue weighted by Crippen LogP contribution is -2.64. The van der Waals surface area contributed by atoms with Gasteiger partial charge in [0.25, 0.3) is 0 Å². The molecule has 35 heavy (non-hydrogen) atoms. The van der Waals surface area contributed by atoms with Gasteiger partial charge in [0.05, 0.1) is 11.7 Å². The van der Waals surface area contributed by atoms with E-state index in [4.69, 9.17) is 4.74 Å². The van der Waals surface area contributed by atoms with Crippen LogP contribution in [0.2, 0.25) is 0 Å². The molecule has 2 N–H and O–H groups in total. The SMILES string of the molecule is CCC1C2=CC(=O)CC[C@]2(C)[C@@]23OC2C[C@@]2(C)[C@@H](C(CC)C(CC)[C@]2(O)CCC(=O)O)[C@@H]3C1CC. The lowest BCUT2D eigenvalue weighted by Gasteiger charge is -2.62. The molecule has 196 valence electrons. The van der Waals surface area contributed by atoms with Crippen LogP contribution >= 0.6 is 0 Å². The Bertz CT molecular complexity index is 941. The first-order chi connectivity index (χ1) is 16.5. The lowest BCUT2D eigenvalue weighted by atomic mass is 9.40. The molecule has 0 bridgehead atoms. The van der Waals surface area contributed by atoms with Crippen LogP contribution in [0, 0.1) is 46.3 Å². The maximum atomic E-state index is 12.6. The molecule has 5 unspecified atom stereocenters. The van der Waals surface area contributed by atoms with Crippen molar-refractivity contribution in [3.05, 3.63) is 11.6 Å². The van der Waals surface area contributed by atoms with Gasteiger partial charge in [0.2, 0.25) is 0 Å². The number of carboxylic acid groups (broad SMARTS) is 1. The number of aliphatic hydroxyl groups is 1. The lowest BCUT2D eigenvalue weighted by molar-refractivity contribution is -0.154. The Morgan fingerprint density at radius 2 is 1.74 bits per heavy atom. The molecule has 5 heteroatoms. The zero-order valence-electron chi connectivity index (χ0n) is 22.6. The van der Waals surface area contributed by atoms with Crippen LogP contribution in [0.4, 0.5) is 0 Å². The highest BCUT2D eigenvalue weighted by Crippen LogP contribution is 2.80. The predicted molar refractivity (Wildman–Crippen MR) is 135 cm³/mol. The molecule has 0 radical (unpaired) electrons. The zero-order valence-corrected chi connectivity index (χ0v) is 22.6. The van der Waals surface area contributed by atoms with Gasteiger partial charge in [0.15, 0.2) is 5.78 Å². The number of aliphatic carboxylic acids is 1. The number of fused-ring (bicyclic) bond motifs is 3. The third-order valence-corrected chi connectivity index (χ3v) is 12.2. The van der Waals surface area contributed by atoms with Crippen LogP contribution in [0.1, 0.15) is 99.3 Å². The van der Waals surface area contributed by atoms with Gasteiger partial charge in [-0.15, -0.1) is 0 Å². The fourth-order valence-electron chi connectivity index (χ4n) is 10.9. The van der Waals surface area contributed by atoms with Crippen LogP contribution in [0.3, 0.4) is 0 Å². The summed E-state index contributed by atoms with van der Waals surface area (Å²) in [5, 5.41) is 22.1. The minimum absolute atomic E-state index is 0.00851. The Morgan fingerprint density at radius 1 is 1.06 bits per heavy atom. The van der Waals surface area contributed by atoms with Crippen molar-refractivity contribution in [1.82, 2.24) is 0 Å². The van der Waals surface area contributed by atoms with E-state index in [1.165, 1.54) is 5.57 Å². The van der Waals surface area contributed by atoms with E-state index in [0.29, 0.717) is 42.4 Å². The quantitative estimate of drug-likeness (QED) is 0.445. The van der Waals surface area contributed by atoms with Gasteiger partial charge >= 0.3 is 5.97 Å². The topological polar surface area (TPSA) is 87.1 Å². The summed E-state index contributed by atoms with van der Waals surface area (Å²) in [6.45, 7) is 13.6. The third kappa shape index (κ3) is 2.94. The molecule has 11 atom stereocenters. The van der Waals surface area contributed by atoms with E-state index in [1.54, 1.807) is 0 Å². The molecule has 5 rings (SSSR count). The van der Waals surface area contributed by atoms with Crippen LogP contribution in [-0.4, -0.2) is 39.3 Å². The van der Waals surface area contributed by atoms with Crippen LogP contribution in [0.5, 0.6) is 0 Å². The van der Waals surface area contributed by atoms with Crippen molar-refractivity contribution >= 4 is 11.8 Å². The molecule has 5 nitrogen and oxygen atoms in total. The molecule has 0 aromatic heterocycles. The van der Waals surface area contributed by atoms with E-state index in [9.17, 15) is 19.8 Å². The van der Waals surface area contributed by atoms with Gasteiger partial charge in [-0.25, -0.2) is 0 Å². The maximum absolute atomic E-state index is 12.6. The number of rotatable bonds is 7. The number of hydrogen-bond donors (Lipinski definition) is 2. The van der Waals surface area contributed by atoms with Gasteiger partial charge in [-0.3, -0.25) is 9.59 Å². The largest absolute Gasteiger partial charge is 0.481 e. The highest BCUT2D eigenvalue weighted by atomic mass is 16.6. The Morgan fingerprint density at radius 3 is 2.31 bits per heavy atom. The maximum Gasteiger partial charge on any atom is 0.303 e. The molecule has 1 spiro atoms. The molecule has 1 saturated heterocycles. The minimum Gasteiger partial charge on any atom is -0.481 e. The summed E-state index contributed by atoms with van der Waals surface area (Å²) < 4.78 is 6.90. The fourth-order valence-corrected chi connectivity index (χ4v) is 10.9. The van der Waals surface area contributed by atoms with E-state index < -0.39 is 11.6 Å². The summed E-state index contributed by atoms with van der Waals surface area (Å²) in [5.74, 6) is 1.29. The van der Waals surface area contributed by atoms with E-state index in [0.717, 1.165) is 38.5 Å². The average molecular weight is 487 g/mol. The number of ketones is 1. The zero-order chi connectivity index (χ0) is 25.6. The van der Waals surface area contributed by atoms with Gasteiger partial charge in [0, 0.05) is 23.7 Å². The van der Waals surface area contributed by atoms with Crippen molar-refractivity contribution < 1.29 is 24.5 Å². The van der Waals surface area contributed by atoms with Crippen molar-refractivity contribution in [2.75, 3.05) is 0 Å². The number of carboxylic acids is 1. The summed E-state index contributed by atoms with van der Waals surface area (Å²) in [4.78, 5) is 24.3. The normalized spacial score (nSPS) is 52.1. The van der Waals surface area contributed by atoms with Gasteiger partial charge in [0.1, 0.15) is 5.60 Å². The smallest absolute Gasteiger partial charge is 0.303 e. The standard InChI is InChI=1S/C30H46O5/c1-7-18-19(8-2)26-25-20(9-3)21(10-4)29(34,14-12-24(32)33)28(25,6)16-23-30(26,35-23)27(5)13-11-17(31)15-22(18)27/h15,18-21,23,25-26,34H,7-14,16H2,1-6H3,(H,32,33)/t18?,19?,20?,21?,23?,25-,26-,27-,28-,29+,30+/m0/s1. The fraction of sp³-hybridized carbons (Fsp3) is 0.867. The molecule has 4 fully saturated rings. The summed E-state index contributed by atoms with van der Waals surface area (Å²) in [7, 11) is 0. The van der Waals surface area contributed by atoms with Crippen LogP contribution in [-0.2, 0) is 14.3 Å². The van der Waals surface area contributed by atoms with Crippen molar-refractivity contribution in [3.63, 3.8) is 0 Å². The molecular formula is C30H46O5. The predicted octanol–water partition coefficient (Wildman–Crippen LogP) is 5.79. The number of hydrogen-bond acceptors (Lipinski definition) is 4. The molecule has 0 aromatic rings. The first kappa shape index (κ1) is 25.4. The van der Waals surface area contributed by atoms with Crippen molar-refractivity contribution in [2.24, 2.45) is 46.3 Å². The van der Waals surface area contributed by atoms with Crippen LogP contribution in [0.15, 0.2) is 11.6 Å². The highest BCUT2D eigenvalue weighted by Gasteiger charge is 2.84. The average Bonchev–Trinajstić information content (AvgIpc) is 3.51. The van der Waals surface area contributed by atoms with Crippen molar-refractivity contribution in [1.29, 1.82) is 0 Å². The Balaban J connectivity index is 1.69. The highest BCUT2D eigenvalue weighted by molar-refractivity contribution is 5.92. The molecule has 0 aromatic carbocycles. The first-order valence-electron chi connectivity index (χ1n) is 14.4. The number of carbonyl (C=O) groups is 2. The van der Waals surface area contributed by atoms with E-state index in [2.05, 4.69) is 41.5 Å². The summed E-state index contributed by atoms with van der Waals surface area (Å²) in [6, 6.07) is 0. The molecule has 3 saturated carbocycles. The summed E-state index contributed by atoms with van der Waals surface area (Å²) in [5.41, 5.74) is -0.411. The Labute approximate surface area is 211 Å². The van der Waals surface area contributed by atoms with Gasteiger partial charge in [-0.05, 0) is 67.3 Å². The van der Waals surface area contributed by atoms with E-state index >= 15 is 0 Å².